The standard InChI is InChI=1S/C14H26O6S/c1-5-8-21(18,19)9-7-14(12(15)16,10-11(3)4)13(17)20-6-2/h11H,5-10H2,1-4H3,(H,15,16). The van der Waals surface area contributed by atoms with Crippen LogP contribution in [0, 0.1) is 11.3 Å². The molecule has 124 valence electrons. The summed E-state index contributed by atoms with van der Waals surface area (Å²) in [7, 11) is -3.35. The summed E-state index contributed by atoms with van der Waals surface area (Å²) in [5.41, 5.74) is -1.79. The fourth-order valence-electron chi connectivity index (χ4n) is 2.28. The Kier molecular flexibility index (Phi) is 7.92. The molecule has 0 saturated carbocycles. The first-order valence-corrected chi connectivity index (χ1v) is 9.04. The molecule has 0 aromatic carbocycles. The number of aliphatic carboxylic acids is 1. The molecular weight excluding hydrogens is 296 g/mol. The molecule has 0 saturated heterocycles. The van der Waals surface area contributed by atoms with Crippen LogP contribution in [-0.2, 0) is 24.2 Å². The topological polar surface area (TPSA) is 97.7 Å². The lowest BCUT2D eigenvalue weighted by atomic mass is 9.78. The Labute approximate surface area is 126 Å². The molecule has 7 heteroatoms. The maximum atomic E-state index is 12.1. The van der Waals surface area contributed by atoms with Crippen molar-refractivity contribution in [1.29, 1.82) is 0 Å². The fourth-order valence-corrected chi connectivity index (χ4v) is 3.76. The van der Waals surface area contributed by atoms with Gasteiger partial charge in [-0.15, -0.1) is 0 Å². The summed E-state index contributed by atoms with van der Waals surface area (Å²) in [4.78, 5) is 23.8. The Balaban J connectivity index is 5.37. The van der Waals surface area contributed by atoms with Crippen LogP contribution in [0.3, 0.4) is 0 Å². The van der Waals surface area contributed by atoms with Crippen molar-refractivity contribution in [3.63, 3.8) is 0 Å². The molecule has 0 radical (unpaired) electrons. The molecule has 0 bridgehead atoms. The van der Waals surface area contributed by atoms with E-state index in [1.807, 2.05) is 0 Å². The maximum absolute atomic E-state index is 12.1. The van der Waals surface area contributed by atoms with E-state index >= 15 is 0 Å². The van der Waals surface area contributed by atoms with Crippen molar-refractivity contribution in [1.82, 2.24) is 0 Å². The van der Waals surface area contributed by atoms with Gasteiger partial charge in [-0.1, -0.05) is 20.8 Å². The summed E-state index contributed by atoms with van der Waals surface area (Å²) in [6.07, 6.45) is 0.274. The van der Waals surface area contributed by atoms with Gasteiger partial charge in [0.15, 0.2) is 5.41 Å². The highest BCUT2D eigenvalue weighted by Crippen LogP contribution is 2.33. The highest BCUT2D eigenvalue weighted by Gasteiger charge is 2.48. The number of hydrogen-bond donors (Lipinski definition) is 1. The average molecular weight is 322 g/mol. The van der Waals surface area contributed by atoms with Crippen LogP contribution in [0.2, 0.25) is 0 Å². The minimum Gasteiger partial charge on any atom is -0.480 e. The van der Waals surface area contributed by atoms with Gasteiger partial charge in [-0.25, -0.2) is 8.42 Å². The van der Waals surface area contributed by atoms with Crippen molar-refractivity contribution < 1.29 is 27.9 Å². The molecule has 0 aliphatic rings. The van der Waals surface area contributed by atoms with Gasteiger partial charge >= 0.3 is 11.9 Å². The van der Waals surface area contributed by atoms with Crippen LogP contribution >= 0.6 is 0 Å². The number of carboxylic acid groups (broad SMARTS) is 1. The first-order chi connectivity index (χ1) is 9.61. The van der Waals surface area contributed by atoms with Crippen molar-refractivity contribution in [3.8, 4) is 0 Å². The van der Waals surface area contributed by atoms with E-state index in [0.29, 0.717) is 6.42 Å². The number of carboxylic acids is 1. The third-order valence-corrected chi connectivity index (χ3v) is 5.04. The zero-order valence-electron chi connectivity index (χ0n) is 13.2. The number of carbonyl (C=O) groups is 2. The largest absolute Gasteiger partial charge is 0.480 e. The minimum absolute atomic E-state index is 0.00674. The summed E-state index contributed by atoms with van der Waals surface area (Å²) in [6.45, 7) is 6.97. The van der Waals surface area contributed by atoms with Gasteiger partial charge in [-0.05, 0) is 32.1 Å². The molecule has 0 aromatic heterocycles. The summed E-state index contributed by atoms with van der Waals surface area (Å²) < 4.78 is 28.5. The first-order valence-electron chi connectivity index (χ1n) is 7.22. The molecule has 0 fully saturated rings. The second-order valence-corrected chi connectivity index (χ2v) is 7.91. The van der Waals surface area contributed by atoms with Crippen molar-refractivity contribution in [2.24, 2.45) is 11.3 Å². The highest BCUT2D eigenvalue weighted by molar-refractivity contribution is 7.91. The molecule has 0 aliphatic heterocycles. The number of rotatable bonds is 10. The monoisotopic (exact) mass is 322 g/mol. The molecule has 21 heavy (non-hydrogen) atoms. The molecular formula is C14H26O6S. The van der Waals surface area contributed by atoms with Gasteiger partial charge in [0.05, 0.1) is 12.4 Å². The van der Waals surface area contributed by atoms with Gasteiger partial charge in [-0.3, -0.25) is 9.59 Å². The predicted octanol–water partition coefficient (Wildman–Crippen LogP) is 1.88. The van der Waals surface area contributed by atoms with E-state index in [1.54, 1.807) is 27.7 Å². The van der Waals surface area contributed by atoms with Gasteiger partial charge in [-0.2, -0.15) is 0 Å². The lowest BCUT2D eigenvalue weighted by molar-refractivity contribution is -0.170. The van der Waals surface area contributed by atoms with Crippen LogP contribution in [0.5, 0.6) is 0 Å². The van der Waals surface area contributed by atoms with Crippen LogP contribution in [0.4, 0.5) is 0 Å². The Morgan fingerprint density at radius 3 is 2.14 bits per heavy atom. The van der Waals surface area contributed by atoms with Crippen LogP contribution in [0.25, 0.3) is 0 Å². The van der Waals surface area contributed by atoms with Gasteiger partial charge in [0.1, 0.15) is 9.84 Å². The molecule has 0 spiro atoms. The molecule has 6 nitrogen and oxygen atoms in total. The Hall–Kier alpha value is -1.11. The molecule has 1 atom stereocenters. The Morgan fingerprint density at radius 1 is 1.19 bits per heavy atom. The van der Waals surface area contributed by atoms with Crippen molar-refractivity contribution in [2.75, 3.05) is 18.1 Å². The third kappa shape index (κ3) is 6.03. The first kappa shape index (κ1) is 19.9. The van der Waals surface area contributed by atoms with E-state index in [9.17, 15) is 23.1 Å². The SMILES string of the molecule is CCCS(=O)(=O)CCC(CC(C)C)(C(=O)O)C(=O)OCC. The summed E-state index contributed by atoms with van der Waals surface area (Å²) in [5.74, 6) is -2.56. The zero-order valence-corrected chi connectivity index (χ0v) is 14.0. The molecule has 1 N–H and O–H groups in total. The summed E-state index contributed by atoms with van der Waals surface area (Å²) in [6, 6.07) is 0. The number of ether oxygens (including phenoxy) is 1. The Bertz CT molecular complexity index is 454. The summed E-state index contributed by atoms with van der Waals surface area (Å²) in [5, 5.41) is 9.50. The fraction of sp³-hybridized carbons (Fsp3) is 0.857. The van der Waals surface area contributed by atoms with Crippen molar-refractivity contribution in [3.05, 3.63) is 0 Å². The number of sulfone groups is 1. The van der Waals surface area contributed by atoms with E-state index in [-0.39, 0.29) is 36.9 Å². The summed E-state index contributed by atoms with van der Waals surface area (Å²) >= 11 is 0. The predicted molar refractivity (Wildman–Crippen MR) is 79.7 cm³/mol. The molecule has 0 aliphatic carbocycles. The van der Waals surface area contributed by atoms with E-state index in [2.05, 4.69) is 0 Å². The van der Waals surface area contributed by atoms with E-state index in [4.69, 9.17) is 4.74 Å². The van der Waals surface area contributed by atoms with Crippen LogP contribution in [0.15, 0.2) is 0 Å². The van der Waals surface area contributed by atoms with Gasteiger partial charge < -0.3 is 9.84 Å². The van der Waals surface area contributed by atoms with Gasteiger partial charge in [0.25, 0.3) is 0 Å². The maximum Gasteiger partial charge on any atom is 0.323 e. The van der Waals surface area contributed by atoms with Gasteiger partial charge in [0.2, 0.25) is 0 Å². The van der Waals surface area contributed by atoms with E-state index in [1.165, 1.54) is 0 Å². The molecule has 0 aromatic rings. The van der Waals surface area contributed by atoms with Crippen LogP contribution < -0.4 is 0 Å². The third-order valence-electron chi connectivity index (χ3n) is 3.19. The van der Waals surface area contributed by atoms with Crippen molar-refractivity contribution >= 4 is 21.8 Å². The number of esters is 1. The lowest BCUT2D eigenvalue weighted by Gasteiger charge is -2.28. The molecule has 0 amide bonds. The minimum atomic E-state index is -3.35. The number of carbonyl (C=O) groups excluding carboxylic acids is 1. The smallest absolute Gasteiger partial charge is 0.323 e. The van der Waals surface area contributed by atoms with Crippen LogP contribution in [-0.4, -0.2) is 43.6 Å². The molecule has 0 heterocycles. The molecule has 0 rings (SSSR count). The second-order valence-electron chi connectivity index (χ2n) is 5.61. The normalized spacial score (nSPS) is 14.7. The van der Waals surface area contributed by atoms with E-state index in [0.717, 1.165) is 0 Å². The Morgan fingerprint density at radius 2 is 1.76 bits per heavy atom. The van der Waals surface area contributed by atoms with E-state index < -0.39 is 27.2 Å². The van der Waals surface area contributed by atoms with Crippen LogP contribution in [0.1, 0.15) is 47.0 Å². The molecule has 1 unspecified atom stereocenters. The number of hydrogen-bond acceptors (Lipinski definition) is 5. The van der Waals surface area contributed by atoms with Crippen molar-refractivity contribution in [2.45, 2.75) is 47.0 Å². The average Bonchev–Trinajstić information content (AvgIpc) is 2.33. The quantitative estimate of drug-likeness (QED) is 0.487. The van der Waals surface area contributed by atoms with Gasteiger partial charge in [0, 0.05) is 5.75 Å². The lowest BCUT2D eigenvalue weighted by Crippen LogP contribution is -2.43. The second kappa shape index (κ2) is 8.36. The zero-order chi connectivity index (χ0) is 16.7. The highest BCUT2D eigenvalue weighted by atomic mass is 32.2.